The number of aryl methyl sites for hydroxylation is 2. The van der Waals surface area contributed by atoms with Gasteiger partial charge in [0.25, 0.3) is 0 Å². The zero-order valence-electron chi connectivity index (χ0n) is 19.1. The molecular weight excluding hydrogens is 445 g/mol. The number of nitrogens with one attached hydrogen (secondary N) is 3. The fourth-order valence-corrected chi connectivity index (χ4v) is 5.10. The largest absolute Gasteiger partial charge is 0.337 e. The molecule has 1 fully saturated rings. The summed E-state index contributed by atoms with van der Waals surface area (Å²) in [4.78, 5) is 18.7. The maximum absolute atomic E-state index is 13.3. The van der Waals surface area contributed by atoms with Crippen molar-refractivity contribution in [2.24, 2.45) is 5.92 Å². The number of halogens is 1. The number of amides is 2. The summed E-state index contributed by atoms with van der Waals surface area (Å²) in [7, 11) is -3.69. The van der Waals surface area contributed by atoms with Crippen molar-refractivity contribution < 1.29 is 17.6 Å². The Balaban J connectivity index is 1.31. The van der Waals surface area contributed by atoms with E-state index in [2.05, 4.69) is 25.2 Å². The minimum atomic E-state index is -3.69. The Labute approximate surface area is 195 Å². The summed E-state index contributed by atoms with van der Waals surface area (Å²) < 4.78 is 40.4. The molecule has 8 nitrogen and oxygen atoms in total. The highest BCUT2D eigenvalue weighted by atomic mass is 32.2. The summed E-state index contributed by atoms with van der Waals surface area (Å²) in [6.45, 7) is 7.24. The van der Waals surface area contributed by atoms with Crippen LogP contribution in [0.5, 0.6) is 0 Å². The molecule has 0 saturated carbocycles. The van der Waals surface area contributed by atoms with Crippen LogP contribution in [0.4, 0.5) is 14.9 Å². The molecule has 33 heavy (non-hydrogen) atoms. The summed E-state index contributed by atoms with van der Waals surface area (Å²) in [6, 6.07) is 8.44. The van der Waals surface area contributed by atoms with Gasteiger partial charge in [-0.3, -0.25) is 4.98 Å². The zero-order valence-corrected chi connectivity index (χ0v) is 19.9. The number of anilines is 1. The van der Waals surface area contributed by atoms with E-state index in [1.807, 2.05) is 26.0 Å². The Bertz CT molecular complexity index is 1040. The number of carbonyl (C=O) groups excluding carboxylic acids is 1. The fourth-order valence-electron chi connectivity index (χ4n) is 4.02. The first-order valence-electron chi connectivity index (χ1n) is 11.2. The first-order valence-corrected chi connectivity index (χ1v) is 12.7. The number of aromatic nitrogens is 1. The first kappa shape index (κ1) is 25.1. The normalized spacial score (nSPS) is 15.4. The molecule has 0 radical (unpaired) electrons. The number of sulfonamides is 1. The van der Waals surface area contributed by atoms with Crippen LogP contribution in [0.25, 0.3) is 0 Å². The number of urea groups is 1. The van der Waals surface area contributed by atoms with Crippen LogP contribution in [0.2, 0.25) is 0 Å². The minimum Gasteiger partial charge on any atom is -0.337 e. The standard InChI is InChI=1S/C23H32FN5O3S/c1-17-14-21(15-18(2)27-17)28-23(30)25-10-13-29-11-7-19(8-12-29)6-9-26-33(31,32)22-5-3-4-20(24)16-22/h3-5,14-16,19,26H,6-13H2,1-2H3,(H2,25,27,28,30). The van der Waals surface area contributed by atoms with Crippen LogP contribution in [-0.2, 0) is 10.0 Å². The van der Waals surface area contributed by atoms with Gasteiger partial charge >= 0.3 is 6.03 Å². The monoisotopic (exact) mass is 477 g/mol. The van der Waals surface area contributed by atoms with Crippen molar-refractivity contribution in [1.82, 2.24) is 19.9 Å². The van der Waals surface area contributed by atoms with Crippen molar-refractivity contribution in [3.63, 3.8) is 0 Å². The smallest absolute Gasteiger partial charge is 0.319 e. The lowest BCUT2D eigenvalue weighted by Crippen LogP contribution is -2.41. The highest BCUT2D eigenvalue weighted by Gasteiger charge is 2.20. The maximum atomic E-state index is 13.3. The Morgan fingerprint density at radius 3 is 2.48 bits per heavy atom. The van der Waals surface area contributed by atoms with E-state index < -0.39 is 15.8 Å². The van der Waals surface area contributed by atoms with Gasteiger partial charge in [0, 0.05) is 36.7 Å². The second-order valence-corrected chi connectivity index (χ2v) is 10.2. The Hall–Kier alpha value is -2.56. The molecule has 1 aliphatic rings. The summed E-state index contributed by atoms with van der Waals surface area (Å²) in [6.07, 6.45) is 2.70. The third kappa shape index (κ3) is 8.06. The van der Waals surface area contributed by atoms with Crippen molar-refractivity contribution in [2.75, 3.05) is 38.0 Å². The second kappa shape index (κ2) is 11.5. The van der Waals surface area contributed by atoms with E-state index in [1.54, 1.807) is 0 Å². The van der Waals surface area contributed by atoms with Crippen LogP contribution < -0.4 is 15.4 Å². The molecule has 0 aliphatic carbocycles. The number of hydrogen-bond acceptors (Lipinski definition) is 5. The van der Waals surface area contributed by atoms with E-state index in [0.717, 1.165) is 62.0 Å². The molecular formula is C23H32FN5O3S. The molecule has 2 aromatic rings. The Morgan fingerprint density at radius 1 is 1.12 bits per heavy atom. The molecule has 3 N–H and O–H groups in total. The lowest BCUT2D eigenvalue weighted by molar-refractivity contribution is 0.180. The van der Waals surface area contributed by atoms with Crippen molar-refractivity contribution >= 4 is 21.7 Å². The van der Waals surface area contributed by atoms with Gasteiger partial charge in [-0.2, -0.15) is 0 Å². The third-order valence-corrected chi connectivity index (χ3v) is 7.17. The number of hydrogen-bond donors (Lipinski definition) is 3. The molecule has 0 bridgehead atoms. The molecule has 0 spiro atoms. The lowest BCUT2D eigenvalue weighted by atomic mass is 9.94. The lowest BCUT2D eigenvalue weighted by Gasteiger charge is -2.32. The topological polar surface area (TPSA) is 103 Å². The molecule has 2 heterocycles. The van der Waals surface area contributed by atoms with Crippen molar-refractivity contribution in [1.29, 1.82) is 0 Å². The van der Waals surface area contributed by atoms with Gasteiger partial charge in [0.15, 0.2) is 0 Å². The molecule has 10 heteroatoms. The average molecular weight is 478 g/mol. The van der Waals surface area contributed by atoms with Crippen LogP contribution >= 0.6 is 0 Å². The molecule has 1 aromatic heterocycles. The number of likely N-dealkylation sites (tertiary alicyclic amines) is 1. The third-order valence-electron chi connectivity index (χ3n) is 5.71. The first-order chi connectivity index (χ1) is 15.7. The van der Waals surface area contributed by atoms with E-state index >= 15 is 0 Å². The number of rotatable bonds is 9. The molecule has 0 atom stereocenters. The predicted octanol–water partition coefficient (Wildman–Crippen LogP) is 3.04. The van der Waals surface area contributed by atoms with Gasteiger partial charge in [0.2, 0.25) is 10.0 Å². The van der Waals surface area contributed by atoms with E-state index in [4.69, 9.17) is 0 Å². The van der Waals surface area contributed by atoms with E-state index in [1.165, 1.54) is 18.2 Å². The molecule has 180 valence electrons. The van der Waals surface area contributed by atoms with Gasteiger partial charge in [0.05, 0.1) is 4.90 Å². The van der Waals surface area contributed by atoms with Gasteiger partial charge in [-0.1, -0.05) is 6.07 Å². The minimum absolute atomic E-state index is 0.0527. The molecule has 0 unspecified atom stereocenters. The number of benzene rings is 1. The van der Waals surface area contributed by atoms with Gasteiger partial charge in [-0.15, -0.1) is 0 Å². The highest BCUT2D eigenvalue weighted by Crippen LogP contribution is 2.20. The van der Waals surface area contributed by atoms with Crippen LogP contribution in [0.1, 0.15) is 30.7 Å². The molecule has 3 rings (SSSR count). The number of carbonyl (C=O) groups is 1. The van der Waals surface area contributed by atoms with Gasteiger partial charge < -0.3 is 15.5 Å². The second-order valence-electron chi connectivity index (χ2n) is 8.45. The van der Waals surface area contributed by atoms with E-state index in [0.29, 0.717) is 19.0 Å². The molecule has 1 aliphatic heterocycles. The van der Waals surface area contributed by atoms with Crippen molar-refractivity contribution in [3.05, 3.63) is 53.6 Å². The summed E-state index contributed by atoms with van der Waals surface area (Å²) in [5.74, 6) is -0.134. The van der Waals surface area contributed by atoms with E-state index in [9.17, 15) is 17.6 Å². The van der Waals surface area contributed by atoms with Crippen LogP contribution in [-0.4, -0.2) is 57.1 Å². The van der Waals surface area contributed by atoms with Crippen LogP contribution in [0.15, 0.2) is 41.3 Å². The number of pyridine rings is 1. The van der Waals surface area contributed by atoms with E-state index in [-0.39, 0.29) is 10.9 Å². The number of nitrogens with zero attached hydrogens (tertiary/aromatic N) is 2. The zero-order chi connectivity index (χ0) is 23.8. The fraction of sp³-hybridized carbons (Fsp3) is 0.478. The predicted molar refractivity (Wildman–Crippen MR) is 126 cm³/mol. The summed E-state index contributed by atoms with van der Waals surface area (Å²) in [5, 5.41) is 5.72. The highest BCUT2D eigenvalue weighted by molar-refractivity contribution is 7.89. The van der Waals surface area contributed by atoms with Gasteiger partial charge in [0.1, 0.15) is 5.82 Å². The molecule has 2 amide bonds. The van der Waals surface area contributed by atoms with Crippen LogP contribution in [0, 0.1) is 25.6 Å². The maximum Gasteiger partial charge on any atom is 0.319 e. The van der Waals surface area contributed by atoms with Crippen LogP contribution in [0.3, 0.4) is 0 Å². The molecule has 1 saturated heterocycles. The van der Waals surface area contributed by atoms with Gasteiger partial charge in [-0.25, -0.2) is 22.3 Å². The quantitative estimate of drug-likeness (QED) is 0.515. The average Bonchev–Trinajstić information content (AvgIpc) is 2.74. The van der Waals surface area contributed by atoms with Crippen molar-refractivity contribution in [2.45, 2.75) is 38.0 Å². The Morgan fingerprint density at radius 2 is 1.82 bits per heavy atom. The SMILES string of the molecule is Cc1cc(NC(=O)NCCN2CCC(CCNS(=O)(=O)c3cccc(F)c3)CC2)cc(C)n1. The van der Waals surface area contributed by atoms with Gasteiger partial charge in [-0.05, 0) is 82.4 Å². The number of piperidine rings is 1. The molecule has 1 aromatic carbocycles. The summed E-state index contributed by atoms with van der Waals surface area (Å²) >= 11 is 0. The van der Waals surface area contributed by atoms with Crippen molar-refractivity contribution in [3.8, 4) is 0 Å². The Kier molecular flexibility index (Phi) is 8.76. The summed E-state index contributed by atoms with van der Waals surface area (Å²) in [5.41, 5.74) is 2.44.